The number of hydrogen-bond donors (Lipinski definition) is 3. The predicted octanol–water partition coefficient (Wildman–Crippen LogP) is 1.19. The average Bonchev–Trinajstić information content (AvgIpc) is 2.47. The van der Waals surface area contributed by atoms with Crippen LogP contribution in [0.5, 0.6) is 0 Å². The SMILES string of the molecule is CC1CCNC(C(=O)N[C@@H](Cc2ccccc2)C(=O)O)C1. The normalized spacial score (nSPS) is 23.3. The van der Waals surface area contributed by atoms with Gasteiger partial charge < -0.3 is 15.7 Å². The Bertz CT molecular complexity index is 490. The molecule has 1 aromatic carbocycles. The second-order valence-corrected chi connectivity index (χ2v) is 5.73. The molecule has 0 saturated carbocycles. The molecule has 1 aromatic rings. The predicted molar refractivity (Wildman–Crippen MR) is 79.9 cm³/mol. The molecule has 1 aliphatic heterocycles. The van der Waals surface area contributed by atoms with Crippen LogP contribution < -0.4 is 10.6 Å². The zero-order valence-electron chi connectivity index (χ0n) is 12.2. The Labute approximate surface area is 124 Å². The average molecular weight is 290 g/mol. The molecule has 1 fully saturated rings. The Morgan fingerprint density at radius 2 is 2.10 bits per heavy atom. The zero-order valence-corrected chi connectivity index (χ0v) is 12.2. The van der Waals surface area contributed by atoms with Gasteiger partial charge in [-0.1, -0.05) is 37.3 Å². The summed E-state index contributed by atoms with van der Waals surface area (Å²) >= 11 is 0. The van der Waals surface area contributed by atoms with Gasteiger partial charge in [-0.3, -0.25) is 4.79 Å². The molecule has 0 aliphatic carbocycles. The highest BCUT2D eigenvalue weighted by Crippen LogP contribution is 2.15. The summed E-state index contributed by atoms with van der Waals surface area (Å²) in [4.78, 5) is 23.6. The summed E-state index contributed by atoms with van der Waals surface area (Å²) in [6.45, 7) is 2.91. The fourth-order valence-corrected chi connectivity index (χ4v) is 2.63. The number of carboxylic acid groups (broad SMARTS) is 1. The first-order valence-corrected chi connectivity index (χ1v) is 7.36. The van der Waals surface area contributed by atoms with Gasteiger partial charge in [0, 0.05) is 6.42 Å². The lowest BCUT2D eigenvalue weighted by molar-refractivity contribution is -0.142. The lowest BCUT2D eigenvalue weighted by Crippen LogP contribution is -2.53. The van der Waals surface area contributed by atoms with Gasteiger partial charge in [-0.2, -0.15) is 0 Å². The first-order valence-electron chi connectivity index (χ1n) is 7.36. The molecule has 5 nitrogen and oxygen atoms in total. The summed E-state index contributed by atoms with van der Waals surface area (Å²) in [7, 11) is 0. The third-order valence-electron chi connectivity index (χ3n) is 3.88. The molecule has 0 radical (unpaired) electrons. The second kappa shape index (κ2) is 7.22. The largest absolute Gasteiger partial charge is 0.480 e. The first kappa shape index (κ1) is 15.5. The summed E-state index contributed by atoms with van der Waals surface area (Å²) < 4.78 is 0. The monoisotopic (exact) mass is 290 g/mol. The van der Waals surface area contributed by atoms with Crippen molar-refractivity contribution in [2.24, 2.45) is 5.92 Å². The van der Waals surface area contributed by atoms with Crippen LogP contribution in [0.2, 0.25) is 0 Å². The summed E-state index contributed by atoms with van der Waals surface area (Å²) in [5.74, 6) is -0.736. The van der Waals surface area contributed by atoms with E-state index in [-0.39, 0.29) is 11.9 Å². The van der Waals surface area contributed by atoms with Crippen molar-refractivity contribution < 1.29 is 14.7 Å². The van der Waals surface area contributed by atoms with E-state index in [9.17, 15) is 14.7 Å². The molecule has 0 bridgehead atoms. The minimum atomic E-state index is -1.00. The van der Waals surface area contributed by atoms with E-state index in [1.807, 2.05) is 30.3 Å². The lowest BCUT2D eigenvalue weighted by Gasteiger charge is -2.28. The molecule has 5 heteroatoms. The molecule has 114 valence electrons. The van der Waals surface area contributed by atoms with Crippen LogP contribution in [0.4, 0.5) is 0 Å². The molecule has 0 spiro atoms. The van der Waals surface area contributed by atoms with E-state index in [1.54, 1.807) is 0 Å². The number of carbonyl (C=O) groups excluding carboxylic acids is 1. The molecule has 1 aliphatic rings. The summed E-state index contributed by atoms with van der Waals surface area (Å²) in [5, 5.41) is 15.1. The molecule has 2 unspecified atom stereocenters. The maximum absolute atomic E-state index is 12.2. The molecule has 1 amide bonds. The number of amides is 1. The van der Waals surface area contributed by atoms with Crippen LogP contribution in [0.25, 0.3) is 0 Å². The number of benzene rings is 1. The fraction of sp³-hybridized carbons (Fsp3) is 0.500. The maximum Gasteiger partial charge on any atom is 0.326 e. The quantitative estimate of drug-likeness (QED) is 0.761. The number of nitrogens with one attached hydrogen (secondary N) is 2. The van der Waals surface area contributed by atoms with Gasteiger partial charge in [0.2, 0.25) is 5.91 Å². The third kappa shape index (κ3) is 4.56. The number of aliphatic carboxylic acids is 1. The molecule has 21 heavy (non-hydrogen) atoms. The van der Waals surface area contributed by atoms with Crippen LogP contribution in [0.1, 0.15) is 25.3 Å². The minimum absolute atomic E-state index is 0.218. The summed E-state index contributed by atoms with van der Waals surface area (Å²) in [6.07, 6.45) is 2.10. The molecule has 3 atom stereocenters. The number of carboxylic acids is 1. The van der Waals surface area contributed by atoms with Crippen LogP contribution in [-0.4, -0.2) is 35.6 Å². The standard InChI is InChI=1S/C16H22N2O3/c1-11-7-8-17-13(9-11)15(19)18-14(16(20)21)10-12-5-3-2-4-6-12/h2-6,11,13-14,17H,7-10H2,1H3,(H,18,19)(H,20,21)/t11?,13?,14-/m0/s1. The van der Waals surface area contributed by atoms with Crippen LogP contribution in [0, 0.1) is 5.92 Å². The third-order valence-corrected chi connectivity index (χ3v) is 3.88. The summed E-state index contributed by atoms with van der Waals surface area (Å²) in [5.41, 5.74) is 0.898. The Balaban J connectivity index is 1.96. The van der Waals surface area contributed by atoms with E-state index in [0.29, 0.717) is 12.3 Å². The van der Waals surface area contributed by atoms with Crippen molar-refractivity contribution in [3.8, 4) is 0 Å². The van der Waals surface area contributed by atoms with Crippen molar-refractivity contribution in [3.05, 3.63) is 35.9 Å². The number of piperidine rings is 1. The molecular weight excluding hydrogens is 268 g/mol. The fourth-order valence-electron chi connectivity index (χ4n) is 2.63. The minimum Gasteiger partial charge on any atom is -0.480 e. The van der Waals surface area contributed by atoms with E-state index in [4.69, 9.17) is 0 Å². The van der Waals surface area contributed by atoms with E-state index < -0.39 is 12.0 Å². The highest BCUT2D eigenvalue weighted by Gasteiger charge is 2.28. The highest BCUT2D eigenvalue weighted by molar-refractivity contribution is 5.87. The van der Waals surface area contributed by atoms with E-state index >= 15 is 0 Å². The van der Waals surface area contributed by atoms with Gasteiger partial charge in [-0.25, -0.2) is 4.79 Å². The van der Waals surface area contributed by atoms with E-state index in [1.165, 1.54) is 0 Å². The lowest BCUT2D eigenvalue weighted by atomic mass is 9.93. The summed E-state index contributed by atoms with van der Waals surface area (Å²) in [6, 6.07) is 8.16. The van der Waals surface area contributed by atoms with Crippen molar-refractivity contribution in [1.29, 1.82) is 0 Å². The maximum atomic E-state index is 12.2. The van der Waals surface area contributed by atoms with Crippen LogP contribution in [0.3, 0.4) is 0 Å². The molecular formula is C16H22N2O3. The van der Waals surface area contributed by atoms with Crippen LogP contribution >= 0.6 is 0 Å². The molecule has 0 aromatic heterocycles. The van der Waals surface area contributed by atoms with Crippen LogP contribution in [0.15, 0.2) is 30.3 Å². The van der Waals surface area contributed by atoms with Gasteiger partial charge in [0.05, 0.1) is 6.04 Å². The Morgan fingerprint density at radius 3 is 2.71 bits per heavy atom. The Hall–Kier alpha value is -1.88. The van der Waals surface area contributed by atoms with E-state index in [0.717, 1.165) is 24.9 Å². The highest BCUT2D eigenvalue weighted by atomic mass is 16.4. The van der Waals surface area contributed by atoms with Gasteiger partial charge in [-0.05, 0) is 30.9 Å². The van der Waals surface area contributed by atoms with Crippen molar-refractivity contribution in [2.45, 2.75) is 38.3 Å². The first-order chi connectivity index (χ1) is 10.1. The topological polar surface area (TPSA) is 78.4 Å². The Morgan fingerprint density at radius 1 is 1.38 bits per heavy atom. The van der Waals surface area contributed by atoms with Gasteiger partial charge in [-0.15, -0.1) is 0 Å². The Kier molecular flexibility index (Phi) is 5.33. The number of hydrogen-bond acceptors (Lipinski definition) is 3. The smallest absolute Gasteiger partial charge is 0.326 e. The van der Waals surface area contributed by atoms with Crippen molar-refractivity contribution in [1.82, 2.24) is 10.6 Å². The van der Waals surface area contributed by atoms with Gasteiger partial charge in [0.1, 0.15) is 6.04 Å². The molecule has 1 saturated heterocycles. The van der Waals surface area contributed by atoms with Crippen molar-refractivity contribution in [3.63, 3.8) is 0 Å². The number of rotatable bonds is 5. The van der Waals surface area contributed by atoms with E-state index in [2.05, 4.69) is 17.6 Å². The zero-order chi connectivity index (χ0) is 15.2. The number of carbonyl (C=O) groups is 2. The second-order valence-electron chi connectivity index (χ2n) is 5.73. The van der Waals surface area contributed by atoms with Gasteiger partial charge in [0.25, 0.3) is 0 Å². The van der Waals surface area contributed by atoms with Crippen LogP contribution in [-0.2, 0) is 16.0 Å². The van der Waals surface area contributed by atoms with Crippen molar-refractivity contribution >= 4 is 11.9 Å². The molecule has 3 N–H and O–H groups in total. The van der Waals surface area contributed by atoms with Gasteiger partial charge in [0.15, 0.2) is 0 Å². The molecule has 2 rings (SSSR count). The molecule has 1 heterocycles. The van der Waals surface area contributed by atoms with Gasteiger partial charge >= 0.3 is 5.97 Å². The van der Waals surface area contributed by atoms with Crippen molar-refractivity contribution in [2.75, 3.05) is 6.54 Å².